The molecule has 1 aromatic rings. The molecule has 0 aromatic heterocycles. The van der Waals surface area contributed by atoms with Crippen LogP contribution in [0.25, 0.3) is 0 Å². The van der Waals surface area contributed by atoms with Gasteiger partial charge < -0.3 is 5.73 Å². The molecule has 0 radical (unpaired) electrons. The number of nitriles is 1. The van der Waals surface area contributed by atoms with Crippen LogP contribution in [-0.4, -0.2) is 31.9 Å². The first kappa shape index (κ1) is 13.3. The highest BCUT2D eigenvalue weighted by molar-refractivity contribution is 7.89. The molecule has 2 rings (SSSR count). The Morgan fingerprint density at radius 3 is 2.78 bits per heavy atom. The first-order valence-corrected chi connectivity index (χ1v) is 7.22. The van der Waals surface area contributed by atoms with Crippen LogP contribution in [0.2, 0.25) is 5.02 Å². The molecule has 1 aliphatic rings. The van der Waals surface area contributed by atoms with E-state index in [1.54, 1.807) is 0 Å². The van der Waals surface area contributed by atoms with E-state index < -0.39 is 10.0 Å². The van der Waals surface area contributed by atoms with E-state index in [9.17, 15) is 8.42 Å². The highest BCUT2D eigenvalue weighted by atomic mass is 35.5. The average Bonchev–Trinajstić information content (AvgIpc) is 2.76. The van der Waals surface area contributed by atoms with Crippen LogP contribution in [-0.2, 0) is 10.0 Å². The summed E-state index contributed by atoms with van der Waals surface area (Å²) in [6.07, 6.45) is 0.627. The summed E-state index contributed by atoms with van der Waals surface area (Å²) in [5, 5.41) is 9.25. The molecular weight excluding hydrogens is 274 g/mol. The van der Waals surface area contributed by atoms with E-state index in [1.165, 1.54) is 22.5 Å². The van der Waals surface area contributed by atoms with E-state index in [-0.39, 0.29) is 28.1 Å². The number of rotatable bonds is 2. The standard InChI is InChI=1S/C11H12ClN3O2S/c12-9-2-1-8(6-13)11(5-9)18(16,17)15-4-3-10(14)7-15/h1-2,5,10H,3-4,7,14H2/t10-/m0/s1. The Labute approximate surface area is 111 Å². The Bertz CT molecular complexity index is 609. The van der Waals surface area contributed by atoms with Gasteiger partial charge in [-0.3, -0.25) is 0 Å². The van der Waals surface area contributed by atoms with Crippen molar-refractivity contribution in [2.75, 3.05) is 13.1 Å². The number of nitrogens with two attached hydrogens (primary N) is 1. The van der Waals surface area contributed by atoms with Crippen molar-refractivity contribution in [1.29, 1.82) is 5.26 Å². The number of hydrogen-bond acceptors (Lipinski definition) is 4. The lowest BCUT2D eigenvalue weighted by atomic mass is 10.2. The lowest BCUT2D eigenvalue weighted by Crippen LogP contribution is -2.32. The van der Waals surface area contributed by atoms with Gasteiger partial charge >= 0.3 is 0 Å². The maximum absolute atomic E-state index is 12.4. The summed E-state index contributed by atoms with van der Waals surface area (Å²) in [7, 11) is -3.69. The van der Waals surface area contributed by atoms with Gasteiger partial charge in [0, 0.05) is 24.2 Å². The fourth-order valence-electron chi connectivity index (χ4n) is 1.91. The zero-order chi connectivity index (χ0) is 13.3. The van der Waals surface area contributed by atoms with Crippen molar-refractivity contribution in [2.24, 2.45) is 5.73 Å². The third kappa shape index (κ3) is 2.35. The quantitative estimate of drug-likeness (QED) is 0.876. The Morgan fingerprint density at radius 2 is 2.22 bits per heavy atom. The summed E-state index contributed by atoms with van der Waals surface area (Å²) in [4.78, 5) is -0.0494. The molecule has 0 amide bonds. The van der Waals surface area contributed by atoms with E-state index in [0.29, 0.717) is 13.0 Å². The number of sulfonamides is 1. The molecule has 18 heavy (non-hydrogen) atoms. The molecular formula is C11H12ClN3O2S. The third-order valence-electron chi connectivity index (χ3n) is 2.87. The maximum Gasteiger partial charge on any atom is 0.244 e. The molecule has 0 bridgehead atoms. The molecule has 2 N–H and O–H groups in total. The van der Waals surface area contributed by atoms with Crippen LogP contribution in [0.1, 0.15) is 12.0 Å². The fourth-order valence-corrected chi connectivity index (χ4v) is 3.83. The minimum absolute atomic E-state index is 0.0494. The largest absolute Gasteiger partial charge is 0.326 e. The highest BCUT2D eigenvalue weighted by Gasteiger charge is 2.32. The van der Waals surface area contributed by atoms with Gasteiger partial charge in [-0.05, 0) is 24.6 Å². The van der Waals surface area contributed by atoms with Crippen LogP contribution in [0.4, 0.5) is 0 Å². The van der Waals surface area contributed by atoms with Gasteiger partial charge in [0.15, 0.2) is 0 Å². The van der Waals surface area contributed by atoms with Crippen LogP contribution in [0.3, 0.4) is 0 Å². The summed E-state index contributed by atoms with van der Waals surface area (Å²) in [6.45, 7) is 0.653. The molecule has 1 aromatic carbocycles. The molecule has 0 aliphatic carbocycles. The van der Waals surface area contributed by atoms with E-state index in [4.69, 9.17) is 22.6 Å². The molecule has 7 heteroatoms. The van der Waals surface area contributed by atoms with Gasteiger partial charge in [-0.15, -0.1) is 0 Å². The molecule has 5 nitrogen and oxygen atoms in total. The predicted molar refractivity (Wildman–Crippen MR) is 67.5 cm³/mol. The highest BCUT2D eigenvalue weighted by Crippen LogP contribution is 2.25. The van der Waals surface area contributed by atoms with Gasteiger partial charge in [-0.2, -0.15) is 9.57 Å². The third-order valence-corrected chi connectivity index (χ3v) is 5.01. The first-order chi connectivity index (χ1) is 8.45. The van der Waals surface area contributed by atoms with E-state index in [2.05, 4.69) is 0 Å². The van der Waals surface area contributed by atoms with Gasteiger partial charge in [0.05, 0.1) is 5.56 Å². The van der Waals surface area contributed by atoms with E-state index in [0.717, 1.165) is 0 Å². The normalized spacial score (nSPS) is 20.8. The predicted octanol–water partition coefficient (Wildman–Crippen LogP) is 0.933. The summed E-state index contributed by atoms with van der Waals surface area (Å²) in [5.74, 6) is 0. The van der Waals surface area contributed by atoms with Crippen molar-refractivity contribution < 1.29 is 8.42 Å². The summed E-state index contributed by atoms with van der Waals surface area (Å²) >= 11 is 5.80. The topological polar surface area (TPSA) is 87.2 Å². The molecule has 1 saturated heterocycles. The first-order valence-electron chi connectivity index (χ1n) is 5.40. The second-order valence-electron chi connectivity index (χ2n) is 4.16. The van der Waals surface area contributed by atoms with Crippen LogP contribution in [0, 0.1) is 11.3 Å². The number of benzene rings is 1. The summed E-state index contributed by atoms with van der Waals surface area (Å²) in [5.41, 5.74) is 5.80. The van der Waals surface area contributed by atoms with Crippen molar-refractivity contribution >= 4 is 21.6 Å². The smallest absolute Gasteiger partial charge is 0.244 e. The van der Waals surface area contributed by atoms with Crippen molar-refractivity contribution in [2.45, 2.75) is 17.4 Å². The van der Waals surface area contributed by atoms with Gasteiger partial charge in [0.2, 0.25) is 10.0 Å². The lowest BCUT2D eigenvalue weighted by molar-refractivity contribution is 0.472. The van der Waals surface area contributed by atoms with Gasteiger partial charge in [0.25, 0.3) is 0 Å². The van der Waals surface area contributed by atoms with Gasteiger partial charge in [-0.25, -0.2) is 8.42 Å². The van der Waals surface area contributed by atoms with Gasteiger partial charge in [0.1, 0.15) is 11.0 Å². The Balaban J connectivity index is 2.48. The van der Waals surface area contributed by atoms with Gasteiger partial charge in [-0.1, -0.05) is 11.6 Å². The SMILES string of the molecule is N#Cc1ccc(Cl)cc1S(=O)(=O)N1CC[C@H](N)C1. The summed E-state index contributed by atoms with van der Waals surface area (Å²) in [6, 6.07) is 5.93. The van der Waals surface area contributed by atoms with Crippen molar-refractivity contribution in [3.05, 3.63) is 28.8 Å². The monoisotopic (exact) mass is 285 g/mol. The second kappa shape index (κ2) is 4.86. The zero-order valence-corrected chi connectivity index (χ0v) is 11.1. The van der Waals surface area contributed by atoms with Crippen molar-refractivity contribution in [1.82, 2.24) is 4.31 Å². The molecule has 1 heterocycles. The zero-order valence-electron chi connectivity index (χ0n) is 9.51. The Hall–Kier alpha value is -1.13. The second-order valence-corrected chi connectivity index (χ2v) is 6.51. The van der Waals surface area contributed by atoms with Crippen molar-refractivity contribution in [3.63, 3.8) is 0 Å². The van der Waals surface area contributed by atoms with Crippen LogP contribution < -0.4 is 5.73 Å². The maximum atomic E-state index is 12.4. The average molecular weight is 286 g/mol. The number of halogens is 1. The van der Waals surface area contributed by atoms with Crippen LogP contribution in [0.5, 0.6) is 0 Å². The molecule has 0 unspecified atom stereocenters. The summed E-state index contributed by atoms with van der Waals surface area (Å²) < 4.78 is 26.0. The fraction of sp³-hybridized carbons (Fsp3) is 0.364. The minimum Gasteiger partial charge on any atom is -0.326 e. The Kier molecular flexibility index (Phi) is 3.59. The number of hydrogen-bond donors (Lipinski definition) is 1. The molecule has 96 valence electrons. The van der Waals surface area contributed by atoms with E-state index in [1.807, 2.05) is 6.07 Å². The Morgan fingerprint density at radius 1 is 1.50 bits per heavy atom. The van der Waals surface area contributed by atoms with E-state index >= 15 is 0 Å². The molecule has 0 saturated carbocycles. The minimum atomic E-state index is -3.69. The van der Waals surface area contributed by atoms with Crippen LogP contribution in [0.15, 0.2) is 23.1 Å². The van der Waals surface area contributed by atoms with Crippen LogP contribution >= 0.6 is 11.6 Å². The lowest BCUT2D eigenvalue weighted by Gasteiger charge is -2.16. The molecule has 0 spiro atoms. The molecule has 1 atom stereocenters. The van der Waals surface area contributed by atoms with Crippen molar-refractivity contribution in [3.8, 4) is 6.07 Å². The number of nitrogens with zero attached hydrogens (tertiary/aromatic N) is 2. The molecule has 1 fully saturated rings. The molecule has 1 aliphatic heterocycles.